The average Bonchev–Trinajstić information content (AvgIpc) is 1.35. The molecule has 0 aromatic rings. The van der Waals surface area contributed by atoms with Crippen LogP contribution in [0.1, 0.15) is 0 Å². The summed E-state index contributed by atoms with van der Waals surface area (Å²) in [6, 6.07) is 0. The van der Waals surface area contributed by atoms with Crippen molar-refractivity contribution >= 4 is 20.2 Å². The van der Waals surface area contributed by atoms with Crippen LogP contribution in [0.4, 0.5) is 0 Å². The molecule has 4 nitrogen and oxygen atoms in total. The van der Waals surface area contributed by atoms with E-state index in [2.05, 4.69) is 4.52 Å². The first-order valence-corrected chi connectivity index (χ1v) is 2.70. The van der Waals surface area contributed by atoms with Crippen LogP contribution in [0, 0.1) is 0 Å². The third-order valence-electron chi connectivity index (χ3n) is 0.238. The van der Waals surface area contributed by atoms with Gasteiger partial charge in [0, 0.05) is 7.11 Å². The van der Waals surface area contributed by atoms with Gasteiger partial charge in [0.25, 0.3) is 0 Å². The van der Waals surface area contributed by atoms with Crippen LogP contribution in [0.2, 0.25) is 0 Å². The molecule has 0 fully saturated rings. The Morgan fingerprint density at radius 2 is 1.71 bits per heavy atom. The summed E-state index contributed by atoms with van der Waals surface area (Å²) in [5, 5.41) is 0. The summed E-state index contributed by atoms with van der Waals surface area (Å²) in [4.78, 5) is 15.4. The van der Waals surface area contributed by atoms with Crippen LogP contribution in [0.15, 0.2) is 0 Å². The number of hydrogen-bond acceptors (Lipinski definition) is 2. The molecule has 0 spiro atoms. The van der Waals surface area contributed by atoms with Gasteiger partial charge in [0.15, 0.2) is 0 Å². The van der Waals surface area contributed by atoms with Gasteiger partial charge >= 0.3 is 7.82 Å². The summed E-state index contributed by atoms with van der Waals surface area (Å²) < 4.78 is 13.1. The monoisotopic (exact) mass is 148 g/mol. The van der Waals surface area contributed by atoms with Crippen molar-refractivity contribution in [3.8, 4) is 0 Å². The molecule has 46 valence electrons. The van der Waals surface area contributed by atoms with Crippen LogP contribution >= 0.6 is 20.2 Å². The van der Waals surface area contributed by atoms with Crippen molar-refractivity contribution in [1.82, 2.24) is 0 Å². The molecule has 0 aromatic carbocycles. The van der Waals surface area contributed by atoms with Crippen molar-refractivity contribution in [2.45, 2.75) is 0 Å². The molecular weight excluding hydrogens is 142 g/mol. The average molecular weight is 148 g/mol. The van der Waals surface area contributed by atoms with Gasteiger partial charge in [-0.3, -0.25) is 4.52 Å². The molecule has 0 amide bonds. The van der Waals surface area contributed by atoms with E-state index < -0.39 is 7.82 Å². The molecule has 2 N–H and O–H groups in total. The van der Waals surface area contributed by atoms with Crippen LogP contribution in [0.5, 0.6) is 0 Å². The third-order valence-corrected chi connectivity index (χ3v) is 0.714. The van der Waals surface area contributed by atoms with E-state index in [9.17, 15) is 4.57 Å². The minimum Gasteiger partial charge on any atom is -0.303 e. The van der Waals surface area contributed by atoms with Crippen LogP contribution in [0.25, 0.3) is 0 Å². The normalized spacial score (nSPS) is 10.1. The standard InChI is InChI=1S/CH5O4P.ClH/c1-5-6(2,3)4;/h1H3,(H2,2,3,4);1H. The predicted molar refractivity (Wildman–Crippen MR) is 26.3 cm³/mol. The predicted octanol–water partition coefficient (Wildman–Crippen LogP) is 0.147. The Balaban J connectivity index is 0. The fourth-order valence-corrected chi connectivity index (χ4v) is 0. The minimum absolute atomic E-state index is 0. The first-order chi connectivity index (χ1) is 2.56. The molecule has 0 aliphatic rings. The number of hydrogen-bond donors (Lipinski definition) is 2. The molecule has 0 aliphatic heterocycles. The van der Waals surface area contributed by atoms with Gasteiger partial charge in [-0.05, 0) is 0 Å². The first-order valence-electron chi connectivity index (χ1n) is 1.17. The van der Waals surface area contributed by atoms with Crippen molar-refractivity contribution in [3.63, 3.8) is 0 Å². The smallest absolute Gasteiger partial charge is 0.303 e. The molecular formula is CH6ClO4P. The Hall–Kier alpha value is 0.400. The van der Waals surface area contributed by atoms with Crippen molar-refractivity contribution in [3.05, 3.63) is 0 Å². The van der Waals surface area contributed by atoms with E-state index in [-0.39, 0.29) is 12.4 Å². The van der Waals surface area contributed by atoms with Gasteiger partial charge in [-0.25, -0.2) is 4.57 Å². The second kappa shape index (κ2) is 3.41. The Morgan fingerprint density at radius 1 is 1.57 bits per heavy atom. The van der Waals surface area contributed by atoms with Crippen molar-refractivity contribution in [2.24, 2.45) is 0 Å². The number of halogens is 1. The lowest BCUT2D eigenvalue weighted by atomic mass is 11.8. The zero-order valence-corrected chi connectivity index (χ0v) is 5.28. The highest BCUT2D eigenvalue weighted by atomic mass is 35.5. The molecule has 7 heavy (non-hydrogen) atoms. The van der Waals surface area contributed by atoms with Gasteiger partial charge in [-0.1, -0.05) is 0 Å². The Kier molecular flexibility index (Phi) is 5.06. The van der Waals surface area contributed by atoms with Crippen molar-refractivity contribution in [1.29, 1.82) is 0 Å². The van der Waals surface area contributed by atoms with Gasteiger partial charge in [-0.15, -0.1) is 12.4 Å². The molecule has 0 heterocycles. The molecule has 0 unspecified atom stereocenters. The van der Waals surface area contributed by atoms with Gasteiger partial charge < -0.3 is 9.79 Å². The maximum atomic E-state index is 9.47. The molecule has 0 radical (unpaired) electrons. The fraction of sp³-hybridized carbons (Fsp3) is 1.00. The molecule has 0 saturated heterocycles. The molecule has 0 bridgehead atoms. The van der Waals surface area contributed by atoms with E-state index in [1.165, 1.54) is 0 Å². The molecule has 0 aromatic heterocycles. The highest BCUT2D eigenvalue weighted by Gasteiger charge is 2.07. The van der Waals surface area contributed by atoms with Crippen LogP contribution in [-0.2, 0) is 9.09 Å². The van der Waals surface area contributed by atoms with Gasteiger partial charge in [0.1, 0.15) is 0 Å². The summed E-state index contributed by atoms with van der Waals surface area (Å²) in [5.41, 5.74) is 0. The molecule has 0 saturated carbocycles. The molecule has 0 atom stereocenters. The summed E-state index contributed by atoms with van der Waals surface area (Å²) in [5.74, 6) is 0. The molecule has 6 heteroatoms. The Morgan fingerprint density at radius 3 is 1.71 bits per heavy atom. The molecule has 0 rings (SSSR count). The lowest BCUT2D eigenvalue weighted by Crippen LogP contribution is -1.76. The van der Waals surface area contributed by atoms with E-state index in [1.54, 1.807) is 0 Å². The van der Waals surface area contributed by atoms with E-state index in [0.29, 0.717) is 0 Å². The van der Waals surface area contributed by atoms with Crippen molar-refractivity contribution < 1.29 is 18.9 Å². The van der Waals surface area contributed by atoms with Crippen LogP contribution in [0.3, 0.4) is 0 Å². The number of phosphoric acid groups is 1. The zero-order chi connectivity index (χ0) is 5.21. The van der Waals surface area contributed by atoms with Gasteiger partial charge in [0.2, 0.25) is 0 Å². The minimum atomic E-state index is -4.15. The quantitative estimate of drug-likeness (QED) is 0.520. The maximum Gasteiger partial charge on any atom is 0.469 e. The highest BCUT2D eigenvalue weighted by molar-refractivity contribution is 7.46. The van der Waals surface area contributed by atoms with Gasteiger partial charge in [-0.2, -0.15) is 0 Å². The summed E-state index contributed by atoms with van der Waals surface area (Å²) >= 11 is 0. The third kappa shape index (κ3) is 10.7. The van der Waals surface area contributed by atoms with Crippen molar-refractivity contribution in [2.75, 3.05) is 7.11 Å². The second-order valence-electron chi connectivity index (χ2n) is 0.673. The SMILES string of the molecule is COP(=O)(O)O.Cl. The number of rotatable bonds is 1. The van der Waals surface area contributed by atoms with E-state index in [0.717, 1.165) is 7.11 Å². The number of phosphoric ester groups is 1. The van der Waals surface area contributed by atoms with E-state index in [1.807, 2.05) is 0 Å². The topological polar surface area (TPSA) is 66.8 Å². The highest BCUT2D eigenvalue weighted by Crippen LogP contribution is 2.33. The summed E-state index contributed by atoms with van der Waals surface area (Å²) in [6.45, 7) is 0. The lowest BCUT2D eigenvalue weighted by molar-refractivity contribution is 0.235. The Bertz CT molecular complexity index is 75.8. The van der Waals surface area contributed by atoms with Gasteiger partial charge in [0.05, 0.1) is 0 Å². The maximum absolute atomic E-state index is 9.47. The Labute approximate surface area is 47.1 Å². The first kappa shape index (κ1) is 10.4. The van der Waals surface area contributed by atoms with E-state index >= 15 is 0 Å². The van der Waals surface area contributed by atoms with E-state index in [4.69, 9.17) is 9.79 Å². The summed E-state index contributed by atoms with van der Waals surface area (Å²) in [7, 11) is -3.20. The second-order valence-corrected chi connectivity index (χ2v) is 2.02. The largest absolute Gasteiger partial charge is 0.469 e. The van der Waals surface area contributed by atoms with Crippen LogP contribution in [-0.4, -0.2) is 16.9 Å². The molecule has 0 aliphatic carbocycles. The lowest BCUT2D eigenvalue weighted by Gasteiger charge is -1.93. The zero-order valence-electron chi connectivity index (χ0n) is 3.57. The van der Waals surface area contributed by atoms with Crippen LogP contribution < -0.4 is 0 Å². The summed E-state index contributed by atoms with van der Waals surface area (Å²) in [6.07, 6.45) is 0. The fourth-order valence-electron chi connectivity index (χ4n) is 0.